The summed E-state index contributed by atoms with van der Waals surface area (Å²) >= 11 is 5.86. The minimum atomic E-state index is -0.0596. The standard InChI is InChI=1S/C12H21BrN2OS/c1-5-8-17-12(13)14-10(2,3)9-11(4)15(12)6-7-16-11/h5,14H,1,6-9H2,2-4H3/p+2/t11-,12-/m1/s1. The highest BCUT2D eigenvalue weighted by molar-refractivity contribution is 9.11. The van der Waals surface area contributed by atoms with E-state index in [4.69, 9.17) is 4.74 Å². The summed E-state index contributed by atoms with van der Waals surface area (Å²) in [4.78, 5) is 1.50. The average molecular weight is 323 g/mol. The fourth-order valence-corrected chi connectivity index (χ4v) is 6.13. The van der Waals surface area contributed by atoms with Crippen LogP contribution in [0.15, 0.2) is 12.7 Å². The molecule has 0 bridgehead atoms. The molecule has 2 rings (SSSR count). The first kappa shape index (κ1) is 13.9. The number of halogens is 1. The normalized spacial score (nSPS) is 44.4. The van der Waals surface area contributed by atoms with Gasteiger partial charge in [0.2, 0.25) is 5.72 Å². The largest absolute Gasteiger partial charge is 0.327 e. The second kappa shape index (κ2) is 4.53. The number of rotatable bonds is 3. The summed E-state index contributed by atoms with van der Waals surface area (Å²) < 4.78 is 5.98. The summed E-state index contributed by atoms with van der Waals surface area (Å²) in [7, 11) is 0. The molecule has 0 radical (unpaired) electrons. The highest BCUT2D eigenvalue weighted by atomic mass is 79.9. The Morgan fingerprint density at radius 2 is 2.24 bits per heavy atom. The zero-order valence-corrected chi connectivity index (χ0v) is 13.3. The van der Waals surface area contributed by atoms with Crippen LogP contribution in [0.25, 0.3) is 0 Å². The van der Waals surface area contributed by atoms with E-state index in [-0.39, 0.29) is 15.2 Å². The van der Waals surface area contributed by atoms with Gasteiger partial charge in [-0.05, 0) is 25.6 Å². The van der Waals surface area contributed by atoms with Crippen molar-refractivity contribution in [2.75, 3.05) is 18.9 Å². The van der Waals surface area contributed by atoms with Crippen LogP contribution in [0.4, 0.5) is 0 Å². The number of hydrogen-bond donors (Lipinski definition) is 2. The van der Waals surface area contributed by atoms with Crippen molar-refractivity contribution in [2.45, 2.75) is 42.4 Å². The highest BCUT2D eigenvalue weighted by Crippen LogP contribution is 2.31. The van der Waals surface area contributed by atoms with E-state index in [1.807, 2.05) is 17.8 Å². The molecule has 2 saturated heterocycles. The second-order valence-corrected chi connectivity index (χ2v) is 8.90. The third kappa shape index (κ3) is 2.59. The van der Waals surface area contributed by atoms with Crippen molar-refractivity contribution in [3.8, 4) is 0 Å². The van der Waals surface area contributed by atoms with Gasteiger partial charge in [-0.3, -0.25) is 5.32 Å². The molecule has 0 aromatic heterocycles. The molecule has 0 saturated carbocycles. The van der Waals surface area contributed by atoms with E-state index in [1.54, 1.807) is 0 Å². The van der Waals surface area contributed by atoms with Gasteiger partial charge in [-0.2, -0.15) is 0 Å². The summed E-state index contributed by atoms with van der Waals surface area (Å²) in [6.07, 6.45) is 3.05. The van der Waals surface area contributed by atoms with Gasteiger partial charge in [0.15, 0.2) is 0 Å². The van der Waals surface area contributed by atoms with E-state index in [9.17, 15) is 0 Å². The summed E-state index contributed by atoms with van der Waals surface area (Å²) in [5.41, 5.74) is 0.135. The molecule has 5 heteroatoms. The van der Waals surface area contributed by atoms with Gasteiger partial charge in [-0.15, -0.1) is 6.58 Å². The molecule has 0 aliphatic carbocycles. The topological polar surface area (TPSA) is 30.3 Å². The average Bonchev–Trinajstić information content (AvgIpc) is 2.55. The summed E-state index contributed by atoms with van der Waals surface area (Å²) in [5, 5.41) is 2.44. The van der Waals surface area contributed by atoms with Crippen molar-refractivity contribution in [3.05, 3.63) is 12.7 Å². The Balaban J connectivity index is 2.26. The fraction of sp³-hybridized carbons (Fsp3) is 0.833. The second-order valence-electron chi connectivity index (χ2n) is 5.86. The van der Waals surface area contributed by atoms with Crippen LogP contribution in [0.1, 0.15) is 27.2 Å². The van der Waals surface area contributed by atoms with Crippen molar-refractivity contribution in [2.24, 2.45) is 0 Å². The van der Waals surface area contributed by atoms with E-state index in [2.05, 4.69) is 48.6 Å². The van der Waals surface area contributed by atoms with Crippen LogP contribution < -0.4 is 10.2 Å². The zero-order valence-electron chi connectivity index (χ0n) is 10.9. The van der Waals surface area contributed by atoms with Crippen LogP contribution in [-0.2, 0) is 4.74 Å². The Labute approximate surface area is 116 Å². The lowest BCUT2D eigenvalue weighted by molar-refractivity contribution is -1.10. The first-order valence-corrected chi connectivity index (χ1v) is 7.91. The molecule has 1 unspecified atom stereocenters. The minimum absolute atomic E-state index is 0.0474. The lowest BCUT2D eigenvalue weighted by atomic mass is 9.90. The van der Waals surface area contributed by atoms with Gasteiger partial charge in [-0.1, -0.05) is 6.08 Å². The molecule has 0 aromatic rings. The summed E-state index contributed by atoms with van der Waals surface area (Å²) in [6, 6.07) is 0. The van der Waals surface area contributed by atoms with Crippen LogP contribution >= 0.6 is 27.7 Å². The number of ether oxygens (including phenoxy) is 1. The predicted molar refractivity (Wildman–Crippen MR) is 75.1 cm³/mol. The number of nitrogens with one attached hydrogen (secondary N) is 1. The van der Waals surface area contributed by atoms with Crippen LogP contribution in [0.2, 0.25) is 0 Å². The van der Waals surface area contributed by atoms with Gasteiger partial charge in [0.1, 0.15) is 18.7 Å². The smallest absolute Gasteiger partial charge is 0.321 e. The molecule has 17 heavy (non-hydrogen) atoms. The maximum Gasteiger partial charge on any atom is 0.327 e. The SMILES string of the molecule is C=CCS[C@]1(Br)[NH2+]C(C)(C)C[C@@]2(C)OCC[NH+]21. The minimum Gasteiger partial charge on any atom is -0.321 e. The lowest BCUT2D eigenvalue weighted by Crippen LogP contribution is -3.38. The van der Waals surface area contributed by atoms with Crippen LogP contribution in [0.3, 0.4) is 0 Å². The number of quaternary nitrogens is 2. The Kier molecular flexibility index (Phi) is 3.69. The molecular formula is C12H23BrN2OS+2. The van der Waals surface area contributed by atoms with Crippen molar-refractivity contribution >= 4 is 27.7 Å². The maximum absolute atomic E-state index is 6.03. The van der Waals surface area contributed by atoms with Gasteiger partial charge < -0.3 is 4.74 Å². The molecule has 3 atom stereocenters. The first-order chi connectivity index (χ1) is 7.81. The predicted octanol–water partition coefficient (Wildman–Crippen LogP) is 0.289. The van der Waals surface area contributed by atoms with Crippen molar-refractivity contribution in [1.29, 1.82) is 0 Å². The number of hydrogen-bond acceptors (Lipinski definition) is 2. The first-order valence-electron chi connectivity index (χ1n) is 6.13. The van der Waals surface area contributed by atoms with Gasteiger partial charge in [0.25, 0.3) is 0 Å². The van der Waals surface area contributed by atoms with Crippen molar-refractivity contribution in [3.63, 3.8) is 0 Å². The van der Waals surface area contributed by atoms with E-state index < -0.39 is 0 Å². The third-order valence-electron chi connectivity index (χ3n) is 3.60. The van der Waals surface area contributed by atoms with Crippen LogP contribution in [0.5, 0.6) is 0 Å². The number of fused-ring (bicyclic) bond motifs is 1. The Morgan fingerprint density at radius 3 is 2.88 bits per heavy atom. The lowest BCUT2D eigenvalue weighted by Gasteiger charge is -2.48. The van der Waals surface area contributed by atoms with Crippen LogP contribution in [-0.4, -0.2) is 34.1 Å². The molecule has 2 fully saturated rings. The van der Waals surface area contributed by atoms with Gasteiger partial charge >= 0.3 is 3.90 Å². The van der Waals surface area contributed by atoms with Crippen molar-refractivity contribution in [1.82, 2.24) is 0 Å². The molecule has 2 heterocycles. The zero-order chi connectivity index (χ0) is 12.7. The number of thioether (sulfide) groups is 1. The molecule has 3 N–H and O–H groups in total. The highest BCUT2D eigenvalue weighted by Gasteiger charge is 2.64. The molecule has 98 valence electrons. The van der Waals surface area contributed by atoms with Gasteiger partial charge in [0, 0.05) is 12.7 Å². The summed E-state index contributed by atoms with van der Waals surface area (Å²) in [6.45, 7) is 12.6. The Morgan fingerprint density at radius 1 is 1.53 bits per heavy atom. The quantitative estimate of drug-likeness (QED) is 0.444. The maximum atomic E-state index is 6.03. The fourth-order valence-electron chi connectivity index (χ4n) is 3.24. The number of alkyl halides is 1. The van der Waals surface area contributed by atoms with Gasteiger partial charge in [-0.25, -0.2) is 4.90 Å². The van der Waals surface area contributed by atoms with E-state index in [1.165, 1.54) is 4.90 Å². The number of nitrogens with two attached hydrogens (primary N) is 1. The Bertz CT molecular complexity index is 326. The molecular weight excluding hydrogens is 300 g/mol. The van der Waals surface area contributed by atoms with E-state index in [0.29, 0.717) is 0 Å². The summed E-state index contributed by atoms with van der Waals surface area (Å²) in [5.74, 6) is 0.956. The third-order valence-corrected chi connectivity index (χ3v) is 6.18. The molecule has 2 aliphatic heterocycles. The Hall–Kier alpha value is 0.450. The molecule has 0 amide bonds. The van der Waals surface area contributed by atoms with Crippen LogP contribution in [0, 0.1) is 0 Å². The molecule has 0 aromatic carbocycles. The molecule has 2 aliphatic rings. The van der Waals surface area contributed by atoms with E-state index >= 15 is 0 Å². The molecule has 3 nitrogen and oxygen atoms in total. The monoisotopic (exact) mass is 322 g/mol. The molecule has 0 spiro atoms. The van der Waals surface area contributed by atoms with E-state index in [0.717, 1.165) is 25.3 Å². The van der Waals surface area contributed by atoms with Crippen molar-refractivity contribution < 1.29 is 15.0 Å². The van der Waals surface area contributed by atoms with Gasteiger partial charge in [0.05, 0.1) is 22.4 Å².